The topological polar surface area (TPSA) is 50.9 Å². The quantitative estimate of drug-likeness (QED) is 0.790. The van der Waals surface area contributed by atoms with Gasteiger partial charge in [0.1, 0.15) is 5.82 Å². The fourth-order valence-electron chi connectivity index (χ4n) is 1.43. The molecule has 1 aromatic rings. The van der Waals surface area contributed by atoms with Gasteiger partial charge in [0.2, 0.25) is 0 Å². The van der Waals surface area contributed by atoms with Crippen molar-refractivity contribution in [1.29, 1.82) is 0 Å². The molecule has 0 bridgehead atoms. The predicted molar refractivity (Wildman–Crippen MR) is 72.6 cm³/mol. The van der Waals surface area contributed by atoms with Crippen molar-refractivity contribution in [2.24, 2.45) is 11.7 Å². The van der Waals surface area contributed by atoms with Crippen LogP contribution in [0.4, 0.5) is 5.82 Å². The zero-order chi connectivity index (χ0) is 12.0. The molecule has 0 aromatic carbocycles. The van der Waals surface area contributed by atoms with Gasteiger partial charge in [-0.1, -0.05) is 6.92 Å². The molecule has 0 saturated heterocycles. The van der Waals surface area contributed by atoms with E-state index in [1.54, 1.807) is 0 Å². The van der Waals surface area contributed by atoms with E-state index in [0.29, 0.717) is 5.92 Å². The van der Waals surface area contributed by atoms with Crippen molar-refractivity contribution in [3.05, 3.63) is 22.3 Å². The van der Waals surface area contributed by atoms with Gasteiger partial charge in [-0.3, -0.25) is 0 Å². The second kappa shape index (κ2) is 6.86. The summed E-state index contributed by atoms with van der Waals surface area (Å²) in [5, 5.41) is 3.32. The van der Waals surface area contributed by atoms with Crippen molar-refractivity contribution < 1.29 is 0 Å². The predicted octanol–water partition coefficient (Wildman–Crippen LogP) is 2.94. The first-order valence-corrected chi connectivity index (χ1v) is 6.50. The zero-order valence-electron chi connectivity index (χ0n) is 9.96. The van der Waals surface area contributed by atoms with Crippen molar-refractivity contribution in [3.8, 4) is 0 Å². The third-order valence-electron chi connectivity index (χ3n) is 2.60. The molecule has 90 valence electrons. The largest absolute Gasteiger partial charge is 0.370 e. The van der Waals surface area contributed by atoms with Crippen LogP contribution in [0, 0.1) is 12.8 Å². The number of hydrogen-bond acceptors (Lipinski definition) is 3. The second-order valence-electron chi connectivity index (χ2n) is 4.17. The highest BCUT2D eigenvalue weighted by Crippen LogP contribution is 2.16. The van der Waals surface area contributed by atoms with Crippen LogP contribution in [-0.2, 0) is 0 Å². The minimum atomic E-state index is 0.612. The van der Waals surface area contributed by atoms with Crippen LogP contribution >= 0.6 is 15.9 Å². The molecular formula is C12H20BrN3. The minimum Gasteiger partial charge on any atom is -0.370 e. The summed E-state index contributed by atoms with van der Waals surface area (Å²) in [6.45, 7) is 5.90. The Morgan fingerprint density at radius 3 is 2.88 bits per heavy atom. The van der Waals surface area contributed by atoms with Gasteiger partial charge in [-0.15, -0.1) is 0 Å². The van der Waals surface area contributed by atoms with Gasteiger partial charge in [-0.25, -0.2) is 4.98 Å². The molecule has 0 fully saturated rings. The van der Waals surface area contributed by atoms with Crippen LogP contribution in [0.15, 0.2) is 16.6 Å². The van der Waals surface area contributed by atoms with E-state index in [1.807, 2.05) is 19.1 Å². The summed E-state index contributed by atoms with van der Waals surface area (Å²) in [6, 6.07) is 4.01. The van der Waals surface area contributed by atoms with Crippen LogP contribution in [0.3, 0.4) is 0 Å². The Bertz CT molecular complexity index is 328. The van der Waals surface area contributed by atoms with Gasteiger partial charge in [-0.05, 0) is 60.3 Å². The summed E-state index contributed by atoms with van der Waals surface area (Å²) >= 11 is 3.44. The van der Waals surface area contributed by atoms with Crippen LogP contribution in [0.1, 0.15) is 25.5 Å². The maximum Gasteiger partial charge on any atom is 0.126 e. The summed E-state index contributed by atoms with van der Waals surface area (Å²) in [6.07, 6.45) is 2.30. The Labute approximate surface area is 106 Å². The highest BCUT2D eigenvalue weighted by atomic mass is 79.9. The Hall–Kier alpha value is -0.610. The number of anilines is 1. The summed E-state index contributed by atoms with van der Waals surface area (Å²) < 4.78 is 1.05. The molecule has 1 rings (SSSR count). The van der Waals surface area contributed by atoms with Crippen molar-refractivity contribution in [1.82, 2.24) is 4.98 Å². The average Bonchev–Trinajstić information content (AvgIpc) is 2.28. The van der Waals surface area contributed by atoms with Crippen molar-refractivity contribution >= 4 is 21.7 Å². The Morgan fingerprint density at radius 2 is 2.25 bits per heavy atom. The van der Waals surface area contributed by atoms with E-state index >= 15 is 0 Å². The second-order valence-corrected chi connectivity index (χ2v) is 5.03. The smallest absolute Gasteiger partial charge is 0.126 e. The third kappa shape index (κ3) is 4.49. The highest BCUT2D eigenvalue weighted by molar-refractivity contribution is 9.10. The van der Waals surface area contributed by atoms with Crippen LogP contribution in [0.2, 0.25) is 0 Å². The summed E-state index contributed by atoms with van der Waals surface area (Å²) in [4.78, 5) is 4.43. The Kier molecular flexibility index (Phi) is 5.77. The summed E-state index contributed by atoms with van der Waals surface area (Å²) in [7, 11) is 0. The first kappa shape index (κ1) is 13.5. The zero-order valence-corrected chi connectivity index (χ0v) is 11.5. The van der Waals surface area contributed by atoms with Gasteiger partial charge in [-0.2, -0.15) is 0 Å². The lowest BCUT2D eigenvalue weighted by molar-refractivity contribution is 0.529. The van der Waals surface area contributed by atoms with Gasteiger partial charge < -0.3 is 11.1 Å². The molecule has 0 aliphatic heterocycles. The average molecular weight is 286 g/mol. The lowest BCUT2D eigenvalue weighted by atomic mass is 10.1. The van der Waals surface area contributed by atoms with Gasteiger partial charge in [0.25, 0.3) is 0 Å². The number of aromatic nitrogens is 1. The minimum absolute atomic E-state index is 0.612. The number of halogens is 1. The molecule has 0 aliphatic rings. The number of hydrogen-bond donors (Lipinski definition) is 2. The number of nitrogens with two attached hydrogens (primary N) is 1. The van der Waals surface area contributed by atoms with Crippen molar-refractivity contribution in [3.63, 3.8) is 0 Å². The monoisotopic (exact) mass is 285 g/mol. The maximum absolute atomic E-state index is 5.56. The molecule has 3 N–H and O–H groups in total. The van der Waals surface area contributed by atoms with E-state index in [2.05, 4.69) is 33.2 Å². The van der Waals surface area contributed by atoms with Crippen LogP contribution < -0.4 is 11.1 Å². The molecule has 0 amide bonds. The fraction of sp³-hybridized carbons (Fsp3) is 0.583. The van der Waals surface area contributed by atoms with Gasteiger partial charge in [0.15, 0.2) is 0 Å². The van der Waals surface area contributed by atoms with Crippen LogP contribution in [0.5, 0.6) is 0 Å². The molecule has 1 aromatic heterocycles. The first-order valence-electron chi connectivity index (χ1n) is 5.70. The summed E-state index contributed by atoms with van der Waals surface area (Å²) in [5.41, 5.74) is 6.58. The van der Waals surface area contributed by atoms with Gasteiger partial charge in [0, 0.05) is 11.0 Å². The Morgan fingerprint density at radius 1 is 1.50 bits per heavy atom. The number of aryl methyl sites for hydroxylation is 1. The molecule has 0 saturated carbocycles. The first-order chi connectivity index (χ1) is 7.63. The van der Waals surface area contributed by atoms with E-state index in [4.69, 9.17) is 5.73 Å². The Balaban J connectivity index is 2.29. The lowest BCUT2D eigenvalue weighted by Crippen LogP contribution is -2.12. The van der Waals surface area contributed by atoms with Gasteiger partial charge >= 0.3 is 0 Å². The lowest BCUT2D eigenvalue weighted by Gasteiger charge is -2.09. The molecule has 0 aliphatic carbocycles. The van der Waals surface area contributed by atoms with E-state index in [-0.39, 0.29) is 0 Å². The molecule has 0 radical (unpaired) electrons. The molecule has 4 heteroatoms. The standard InChI is InChI=1S/C12H20BrN3/c1-9(8-14)4-3-7-15-12-6-5-11(13)10(2)16-12/h5-6,9H,3-4,7-8,14H2,1-2H3,(H,15,16). The number of nitrogens with zero attached hydrogens (tertiary/aromatic N) is 1. The number of nitrogens with one attached hydrogen (secondary N) is 1. The van der Waals surface area contributed by atoms with E-state index in [1.165, 1.54) is 6.42 Å². The molecule has 3 nitrogen and oxygen atoms in total. The van der Waals surface area contributed by atoms with Crippen LogP contribution in [0.25, 0.3) is 0 Å². The fourth-order valence-corrected chi connectivity index (χ4v) is 1.65. The molecule has 1 heterocycles. The summed E-state index contributed by atoms with van der Waals surface area (Å²) in [5.74, 6) is 1.56. The molecule has 16 heavy (non-hydrogen) atoms. The van der Waals surface area contributed by atoms with Crippen molar-refractivity contribution in [2.45, 2.75) is 26.7 Å². The highest BCUT2D eigenvalue weighted by Gasteiger charge is 2.00. The van der Waals surface area contributed by atoms with Gasteiger partial charge in [0.05, 0.1) is 5.69 Å². The third-order valence-corrected chi connectivity index (χ3v) is 3.44. The van der Waals surface area contributed by atoms with Crippen molar-refractivity contribution in [2.75, 3.05) is 18.4 Å². The SMILES string of the molecule is Cc1nc(NCCCC(C)CN)ccc1Br. The number of pyridine rings is 1. The van der Waals surface area contributed by atoms with E-state index < -0.39 is 0 Å². The molecular weight excluding hydrogens is 266 g/mol. The number of rotatable bonds is 6. The molecule has 1 atom stereocenters. The van der Waals surface area contributed by atoms with E-state index in [0.717, 1.165) is 35.5 Å². The van der Waals surface area contributed by atoms with Crippen LogP contribution in [-0.4, -0.2) is 18.1 Å². The normalized spacial score (nSPS) is 12.5. The molecule has 0 spiro atoms. The van der Waals surface area contributed by atoms with E-state index in [9.17, 15) is 0 Å². The molecule has 1 unspecified atom stereocenters. The maximum atomic E-state index is 5.56.